The maximum atomic E-state index is 11.9. The maximum absolute atomic E-state index is 11.9. The number of likely N-dealkylation sites (N-methyl/N-ethyl adjacent to an activating group) is 1. The number of carboxylic acids is 1. The third kappa shape index (κ3) is 1.74. The Morgan fingerprint density at radius 3 is 2.74 bits per heavy atom. The van der Waals surface area contributed by atoms with Gasteiger partial charge in [0.25, 0.3) is 0 Å². The van der Waals surface area contributed by atoms with E-state index in [0.717, 1.165) is 29.7 Å². The van der Waals surface area contributed by atoms with Gasteiger partial charge in [-0.15, -0.1) is 0 Å². The van der Waals surface area contributed by atoms with E-state index in [-0.39, 0.29) is 23.7 Å². The van der Waals surface area contributed by atoms with Crippen molar-refractivity contribution >= 4 is 17.6 Å². The minimum absolute atomic E-state index is 0.107. The van der Waals surface area contributed by atoms with Gasteiger partial charge in [-0.25, -0.2) is 0 Å². The first-order valence-electron chi connectivity index (χ1n) is 6.58. The zero-order valence-electron chi connectivity index (χ0n) is 11.1. The van der Waals surface area contributed by atoms with Crippen LogP contribution in [0.2, 0.25) is 0 Å². The molecule has 1 aliphatic heterocycles. The predicted octanol–water partition coefficient (Wildman–Crippen LogP) is 2.27. The molecule has 19 heavy (non-hydrogen) atoms. The molecule has 1 atom stereocenters. The van der Waals surface area contributed by atoms with Crippen molar-refractivity contribution in [3.63, 3.8) is 0 Å². The Balaban J connectivity index is 2.00. The highest BCUT2D eigenvalue weighted by atomic mass is 16.4. The summed E-state index contributed by atoms with van der Waals surface area (Å²) in [4.78, 5) is 24.6. The molecule has 0 spiro atoms. The number of carbonyl (C=O) groups excluding carboxylic acids is 1. The molecule has 1 unspecified atom stereocenters. The largest absolute Gasteiger partial charge is 0.481 e. The number of fused-ring (bicyclic) bond motifs is 1. The number of benzene rings is 1. The van der Waals surface area contributed by atoms with Gasteiger partial charge in [0.15, 0.2) is 0 Å². The van der Waals surface area contributed by atoms with Gasteiger partial charge in [0.2, 0.25) is 5.91 Å². The normalized spacial score (nSPS) is 23.4. The Bertz CT molecular complexity index is 575. The lowest BCUT2D eigenvalue weighted by Crippen LogP contribution is -2.22. The molecule has 1 saturated carbocycles. The van der Waals surface area contributed by atoms with Crippen molar-refractivity contribution in [1.29, 1.82) is 0 Å². The number of anilines is 1. The number of aliphatic carboxylic acids is 1. The quantitative estimate of drug-likeness (QED) is 0.906. The molecule has 1 heterocycles. The number of rotatable bonds is 3. The molecule has 4 nitrogen and oxygen atoms in total. The second kappa shape index (κ2) is 3.83. The van der Waals surface area contributed by atoms with Crippen LogP contribution in [0.25, 0.3) is 0 Å². The molecule has 1 aromatic carbocycles. The molecule has 0 bridgehead atoms. The van der Waals surface area contributed by atoms with Crippen LogP contribution >= 0.6 is 0 Å². The third-order valence-electron chi connectivity index (χ3n) is 4.51. The van der Waals surface area contributed by atoms with E-state index < -0.39 is 5.97 Å². The molecule has 1 amide bonds. The van der Waals surface area contributed by atoms with E-state index in [2.05, 4.69) is 0 Å². The van der Waals surface area contributed by atoms with Gasteiger partial charge < -0.3 is 10.0 Å². The summed E-state index contributed by atoms with van der Waals surface area (Å²) < 4.78 is 0. The summed E-state index contributed by atoms with van der Waals surface area (Å²) in [5.74, 6) is -0.768. The first-order chi connectivity index (χ1) is 8.94. The van der Waals surface area contributed by atoms with Crippen molar-refractivity contribution in [2.45, 2.75) is 37.5 Å². The topological polar surface area (TPSA) is 57.6 Å². The van der Waals surface area contributed by atoms with Crippen LogP contribution in [0.3, 0.4) is 0 Å². The van der Waals surface area contributed by atoms with Crippen molar-refractivity contribution in [2.75, 3.05) is 11.9 Å². The molecule has 0 saturated heterocycles. The van der Waals surface area contributed by atoms with E-state index in [4.69, 9.17) is 5.11 Å². The molecule has 4 heteroatoms. The SMILES string of the molecule is CC1C(=O)N(C)c2ccc(C3(CC(=O)O)CC3)cc21. The van der Waals surface area contributed by atoms with E-state index in [1.807, 2.05) is 25.1 Å². The smallest absolute Gasteiger partial charge is 0.304 e. The fourth-order valence-electron chi connectivity index (χ4n) is 3.09. The molecule has 3 rings (SSSR count). The van der Waals surface area contributed by atoms with Gasteiger partial charge in [0, 0.05) is 18.2 Å². The third-order valence-corrected chi connectivity index (χ3v) is 4.51. The summed E-state index contributed by atoms with van der Waals surface area (Å²) in [6.07, 6.45) is 2.04. The van der Waals surface area contributed by atoms with Crippen molar-refractivity contribution in [3.05, 3.63) is 29.3 Å². The molecule has 1 aromatic rings. The van der Waals surface area contributed by atoms with Crippen LogP contribution in [0.5, 0.6) is 0 Å². The van der Waals surface area contributed by atoms with Crippen molar-refractivity contribution in [2.24, 2.45) is 0 Å². The Morgan fingerprint density at radius 1 is 1.47 bits per heavy atom. The minimum Gasteiger partial charge on any atom is -0.481 e. The molecule has 2 aliphatic rings. The Hall–Kier alpha value is -1.84. The van der Waals surface area contributed by atoms with Crippen LogP contribution in [0.15, 0.2) is 18.2 Å². The second-order valence-electron chi connectivity index (χ2n) is 5.74. The highest BCUT2D eigenvalue weighted by Gasteiger charge is 2.46. The molecule has 1 fully saturated rings. The number of hydrogen-bond donors (Lipinski definition) is 1. The van der Waals surface area contributed by atoms with E-state index >= 15 is 0 Å². The van der Waals surface area contributed by atoms with E-state index in [0.29, 0.717) is 0 Å². The molecule has 1 aliphatic carbocycles. The van der Waals surface area contributed by atoms with Crippen LogP contribution in [0, 0.1) is 0 Å². The second-order valence-corrected chi connectivity index (χ2v) is 5.74. The van der Waals surface area contributed by atoms with Crippen LogP contribution < -0.4 is 4.90 Å². The van der Waals surface area contributed by atoms with Gasteiger partial charge in [0.1, 0.15) is 0 Å². The summed E-state index contributed by atoms with van der Waals surface area (Å²) in [5, 5.41) is 9.02. The number of carbonyl (C=O) groups is 2. The van der Waals surface area contributed by atoms with Gasteiger partial charge >= 0.3 is 5.97 Å². The van der Waals surface area contributed by atoms with Crippen LogP contribution in [0.1, 0.15) is 43.2 Å². The molecular weight excluding hydrogens is 242 g/mol. The van der Waals surface area contributed by atoms with Gasteiger partial charge in [-0.2, -0.15) is 0 Å². The van der Waals surface area contributed by atoms with Crippen molar-refractivity contribution in [3.8, 4) is 0 Å². The first kappa shape index (κ1) is 12.2. The Morgan fingerprint density at radius 2 is 2.16 bits per heavy atom. The standard InChI is InChI=1S/C15H17NO3/c1-9-11-7-10(15(5-6-15)8-13(17)18)3-4-12(11)16(2)14(9)19/h3-4,7,9H,5-6,8H2,1-2H3,(H,17,18). The summed E-state index contributed by atoms with van der Waals surface area (Å²) in [6.45, 7) is 1.91. The van der Waals surface area contributed by atoms with Crippen LogP contribution in [0.4, 0.5) is 5.69 Å². The zero-order chi connectivity index (χ0) is 13.8. The fourth-order valence-corrected chi connectivity index (χ4v) is 3.09. The maximum Gasteiger partial charge on any atom is 0.304 e. The number of amides is 1. The lowest BCUT2D eigenvalue weighted by molar-refractivity contribution is -0.137. The highest BCUT2D eigenvalue weighted by Crippen LogP contribution is 2.52. The lowest BCUT2D eigenvalue weighted by Gasteiger charge is -2.16. The number of nitrogens with zero attached hydrogens (tertiary/aromatic N) is 1. The van der Waals surface area contributed by atoms with E-state index in [1.54, 1.807) is 11.9 Å². The van der Waals surface area contributed by atoms with Gasteiger partial charge in [-0.1, -0.05) is 12.1 Å². The first-order valence-corrected chi connectivity index (χ1v) is 6.58. The summed E-state index contributed by atoms with van der Waals surface area (Å²) in [7, 11) is 1.79. The number of hydrogen-bond acceptors (Lipinski definition) is 2. The van der Waals surface area contributed by atoms with Crippen LogP contribution in [-0.2, 0) is 15.0 Å². The lowest BCUT2D eigenvalue weighted by atomic mass is 9.89. The van der Waals surface area contributed by atoms with Gasteiger partial charge in [0.05, 0.1) is 12.3 Å². The predicted molar refractivity (Wildman–Crippen MR) is 71.4 cm³/mol. The zero-order valence-corrected chi connectivity index (χ0v) is 11.1. The van der Waals surface area contributed by atoms with Crippen LogP contribution in [-0.4, -0.2) is 24.0 Å². The average molecular weight is 259 g/mol. The molecular formula is C15H17NO3. The fraction of sp³-hybridized carbons (Fsp3) is 0.467. The summed E-state index contributed by atoms with van der Waals surface area (Å²) >= 11 is 0. The summed E-state index contributed by atoms with van der Waals surface area (Å²) in [5.41, 5.74) is 2.86. The Kier molecular flexibility index (Phi) is 2.46. The highest BCUT2D eigenvalue weighted by molar-refractivity contribution is 6.04. The molecule has 100 valence electrons. The summed E-state index contributed by atoms with van der Waals surface area (Å²) in [6, 6.07) is 5.97. The van der Waals surface area contributed by atoms with E-state index in [9.17, 15) is 9.59 Å². The molecule has 0 aromatic heterocycles. The van der Waals surface area contributed by atoms with Crippen molar-refractivity contribution < 1.29 is 14.7 Å². The molecule has 1 N–H and O–H groups in total. The monoisotopic (exact) mass is 259 g/mol. The average Bonchev–Trinajstić information content (AvgIpc) is 3.11. The molecule has 0 radical (unpaired) electrons. The van der Waals surface area contributed by atoms with Crippen molar-refractivity contribution in [1.82, 2.24) is 0 Å². The van der Waals surface area contributed by atoms with E-state index in [1.165, 1.54) is 0 Å². The van der Waals surface area contributed by atoms with Gasteiger partial charge in [-0.05, 0) is 37.0 Å². The number of carboxylic acid groups (broad SMARTS) is 1. The minimum atomic E-state index is -0.751. The Labute approximate surface area is 112 Å². The van der Waals surface area contributed by atoms with Gasteiger partial charge in [-0.3, -0.25) is 9.59 Å².